The van der Waals surface area contributed by atoms with Crippen molar-refractivity contribution in [2.24, 2.45) is 0 Å². The number of benzene rings is 2. The van der Waals surface area contributed by atoms with Crippen LogP contribution in [0.1, 0.15) is 28.2 Å². The van der Waals surface area contributed by atoms with Crippen LogP contribution in [0.5, 0.6) is 0 Å². The molecular formula is C17H17Cl2N. The molecule has 0 N–H and O–H groups in total. The highest BCUT2D eigenvalue weighted by Crippen LogP contribution is 2.35. The van der Waals surface area contributed by atoms with E-state index in [1.165, 1.54) is 22.3 Å². The largest absolute Gasteiger partial charge is 0.301 e. The van der Waals surface area contributed by atoms with Crippen LogP contribution in [-0.4, -0.2) is 18.5 Å². The maximum Gasteiger partial charge on any atom is 0.0595 e. The monoisotopic (exact) mass is 305 g/mol. The molecule has 0 spiro atoms. The van der Waals surface area contributed by atoms with Gasteiger partial charge in [-0.2, -0.15) is 0 Å². The molecule has 0 aliphatic carbocycles. The second-order valence-electron chi connectivity index (χ2n) is 5.63. The van der Waals surface area contributed by atoms with E-state index >= 15 is 0 Å². The smallest absolute Gasteiger partial charge is 0.0595 e. The van der Waals surface area contributed by atoms with Crippen LogP contribution >= 0.6 is 23.2 Å². The topological polar surface area (TPSA) is 3.24 Å². The van der Waals surface area contributed by atoms with Crippen LogP contribution in [-0.2, 0) is 6.54 Å². The molecule has 1 atom stereocenters. The molecule has 3 rings (SSSR count). The van der Waals surface area contributed by atoms with Gasteiger partial charge in [0.15, 0.2) is 0 Å². The van der Waals surface area contributed by atoms with Crippen molar-refractivity contribution in [2.45, 2.75) is 19.4 Å². The molecule has 0 radical (unpaired) electrons. The maximum atomic E-state index is 6.18. The minimum Gasteiger partial charge on any atom is -0.301 e. The van der Waals surface area contributed by atoms with Gasteiger partial charge in [0.05, 0.1) is 10.0 Å². The highest BCUT2D eigenvalue weighted by molar-refractivity contribution is 6.42. The Morgan fingerprint density at radius 3 is 2.60 bits per heavy atom. The van der Waals surface area contributed by atoms with Crippen LogP contribution in [0.4, 0.5) is 0 Å². The van der Waals surface area contributed by atoms with Crippen LogP contribution in [0.15, 0.2) is 36.4 Å². The van der Waals surface area contributed by atoms with Crippen LogP contribution in [0, 0.1) is 6.92 Å². The molecule has 104 valence electrons. The first-order chi connectivity index (χ1) is 9.54. The minimum atomic E-state index is 0.360. The lowest BCUT2D eigenvalue weighted by atomic mass is 9.84. The lowest BCUT2D eigenvalue weighted by Gasteiger charge is -2.33. The molecule has 0 fully saturated rings. The second-order valence-corrected chi connectivity index (χ2v) is 6.44. The number of likely N-dealkylation sites (N-methyl/N-ethyl adjacent to an activating group) is 1. The Kier molecular flexibility index (Phi) is 3.76. The van der Waals surface area contributed by atoms with Crippen LogP contribution in [0.25, 0.3) is 0 Å². The van der Waals surface area contributed by atoms with Crippen molar-refractivity contribution in [3.63, 3.8) is 0 Å². The molecule has 20 heavy (non-hydrogen) atoms. The summed E-state index contributed by atoms with van der Waals surface area (Å²) >= 11 is 12.2. The van der Waals surface area contributed by atoms with E-state index in [-0.39, 0.29) is 0 Å². The molecule has 0 aromatic heterocycles. The van der Waals surface area contributed by atoms with Crippen molar-refractivity contribution in [1.82, 2.24) is 4.90 Å². The first kappa shape index (κ1) is 13.9. The number of rotatable bonds is 1. The predicted octanol–water partition coefficient (Wildman–Crippen LogP) is 4.88. The third-order valence-corrected chi connectivity index (χ3v) is 4.69. The molecule has 2 aromatic rings. The zero-order chi connectivity index (χ0) is 14.3. The molecular weight excluding hydrogens is 289 g/mol. The summed E-state index contributed by atoms with van der Waals surface area (Å²) in [6.45, 7) is 4.16. The predicted molar refractivity (Wildman–Crippen MR) is 85.8 cm³/mol. The van der Waals surface area contributed by atoms with E-state index in [1.807, 2.05) is 12.1 Å². The van der Waals surface area contributed by atoms with Gasteiger partial charge < -0.3 is 4.90 Å². The molecule has 0 amide bonds. The maximum absolute atomic E-state index is 6.18. The normalized spacial score (nSPS) is 18.9. The number of nitrogens with zero attached hydrogens (tertiary/aromatic N) is 1. The molecule has 1 unspecified atom stereocenters. The van der Waals surface area contributed by atoms with Crippen LogP contribution in [0.3, 0.4) is 0 Å². The quantitative estimate of drug-likeness (QED) is 0.726. The van der Waals surface area contributed by atoms with Crippen molar-refractivity contribution in [3.05, 3.63) is 68.7 Å². The summed E-state index contributed by atoms with van der Waals surface area (Å²) in [5.41, 5.74) is 5.37. The SMILES string of the molecule is Cc1ccc2c(c1)CN(C)CC2c1ccc(Cl)c(Cl)c1. The summed E-state index contributed by atoms with van der Waals surface area (Å²) in [5, 5.41) is 1.25. The van der Waals surface area contributed by atoms with Gasteiger partial charge in [0.1, 0.15) is 0 Å². The number of fused-ring (bicyclic) bond motifs is 1. The van der Waals surface area contributed by atoms with Gasteiger partial charge in [-0.15, -0.1) is 0 Å². The zero-order valence-electron chi connectivity index (χ0n) is 11.7. The molecule has 0 saturated carbocycles. The standard InChI is InChI=1S/C17H17Cl2N/c1-11-3-5-14-13(7-11)9-20(2)10-15(14)12-4-6-16(18)17(19)8-12/h3-8,15H,9-10H2,1-2H3. The highest BCUT2D eigenvalue weighted by atomic mass is 35.5. The highest BCUT2D eigenvalue weighted by Gasteiger charge is 2.25. The van der Waals surface area contributed by atoms with Crippen molar-refractivity contribution >= 4 is 23.2 Å². The summed E-state index contributed by atoms with van der Waals surface area (Å²) in [5.74, 6) is 0.360. The van der Waals surface area contributed by atoms with Crippen molar-refractivity contribution in [3.8, 4) is 0 Å². The lowest BCUT2D eigenvalue weighted by molar-refractivity contribution is 0.295. The molecule has 1 nitrogen and oxygen atoms in total. The fourth-order valence-electron chi connectivity index (χ4n) is 2.99. The summed E-state index contributed by atoms with van der Waals surface area (Å²) in [4.78, 5) is 2.36. The molecule has 1 aliphatic heterocycles. The number of hydrogen-bond donors (Lipinski definition) is 0. The summed E-state index contributed by atoms with van der Waals surface area (Å²) in [6.07, 6.45) is 0. The Morgan fingerprint density at radius 1 is 1.05 bits per heavy atom. The third-order valence-electron chi connectivity index (χ3n) is 3.95. The lowest BCUT2D eigenvalue weighted by Crippen LogP contribution is -2.31. The van der Waals surface area contributed by atoms with E-state index in [0.717, 1.165) is 13.1 Å². The average molecular weight is 306 g/mol. The second kappa shape index (κ2) is 5.40. The van der Waals surface area contributed by atoms with Crippen molar-refractivity contribution < 1.29 is 0 Å². The minimum absolute atomic E-state index is 0.360. The Hall–Kier alpha value is -1.02. The molecule has 2 aromatic carbocycles. The molecule has 3 heteroatoms. The van der Waals surface area contributed by atoms with Crippen molar-refractivity contribution in [2.75, 3.05) is 13.6 Å². The fourth-order valence-corrected chi connectivity index (χ4v) is 3.30. The first-order valence-corrected chi connectivity index (χ1v) is 7.53. The van der Waals surface area contributed by atoms with E-state index in [4.69, 9.17) is 23.2 Å². The van der Waals surface area contributed by atoms with Crippen LogP contribution < -0.4 is 0 Å². The molecule has 0 saturated heterocycles. The van der Waals surface area contributed by atoms with E-state index in [0.29, 0.717) is 16.0 Å². The van der Waals surface area contributed by atoms with Gasteiger partial charge >= 0.3 is 0 Å². The fraction of sp³-hybridized carbons (Fsp3) is 0.294. The molecule has 1 heterocycles. The number of hydrogen-bond acceptors (Lipinski definition) is 1. The number of halogens is 2. The Balaban J connectivity index is 2.08. The summed E-state index contributed by atoms with van der Waals surface area (Å²) < 4.78 is 0. The summed E-state index contributed by atoms with van der Waals surface area (Å²) in [7, 11) is 2.16. The third kappa shape index (κ3) is 2.58. The van der Waals surface area contributed by atoms with Crippen LogP contribution in [0.2, 0.25) is 10.0 Å². The summed E-state index contributed by atoms with van der Waals surface area (Å²) in [6, 6.07) is 12.7. The molecule has 0 bridgehead atoms. The zero-order valence-corrected chi connectivity index (χ0v) is 13.2. The van der Waals surface area contributed by atoms with E-state index < -0.39 is 0 Å². The molecule has 1 aliphatic rings. The van der Waals surface area contributed by atoms with Gasteiger partial charge in [0.25, 0.3) is 0 Å². The number of aryl methyl sites for hydroxylation is 1. The van der Waals surface area contributed by atoms with Gasteiger partial charge in [-0.25, -0.2) is 0 Å². The van der Waals surface area contributed by atoms with Gasteiger partial charge in [-0.05, 0) is 42.8 Å². The first-order valence-electron chi connectivity index (χ1n) is 6.77. The van der Waals surface area contributed by atoms with Crippen molar-refractivity contribution in [1.29, 1.82) is 0 Å². The van der Waals surface area contributed by atoms with E-state index in [9.17, 15) is 0 Å². The van der Waals surface area contributed by atoms with Gasteiger partial charge in [0.2, 0.25) is 0 Å². The Labute approximate surface area is 130 Å². The van der Waals surface area contributed by atoms with E-state index in [1.54, 1.807) is 0 Å². The van der Waals surface area contributed by atoms with Gasteiger partial charge in [-0.1, -0.05) is 53.0 Å². The Bertz CT molecular complexity index is 651. The Morgan fingerprint density at radius 2 is 1.85 bits per heavy atom. The van der Waals surface area contributed by atoms with E-state index in [2.05, 4.69) is 43.1 Å². The average Bonchev–Trinajstić information content (AvgIpc) is 2.40. The van der Waals surface area contributed by atoms with Gasteiger partial charge in [-0.3, -0.25) is 0 Å². The van der Waals surface area contributed by atoms with Gasteiger partial charge in [0, 0.05) is 19.0 Å².